The molecule has 0 saturated carbocycles. The summed E-state index contributed by atoms with van der Waals surface area (Å²) in [5, 5.41) is 2.56. The van der Waals surface area contributed by atoms with Crippen molar-refractivity contribution in [3.63, 3.8) is 0 Å². The van der Waals surface area contributed by atoms with Crippen LogP contribution in [0.3, 0.4) is 0 Å². The summed E-state index contributed by atoms with van der Waals surface area (Å²) in [5.74, 6) is 0.759. The first-order valence-corrected chi connectivity index (χ1v) is 8.70. The molecule has 1 N–H and O–H groups in total. The highest BCUT2D eigenvalue weighted by Gasteiger charge is 2.32. The van der Waals surface area contributed by atoms with Crippen LogP contribution in [-0.4, -0.2) is 36.6 Å². The van der Waals surface area contributed by atoms with Crippen LogP contribution >= 0.6 is 15.9 Å². The van der Waals surface area contributed by atoms with Crippen LogP contribution in [0.4, 0.5) is 4.79 Å². The zero-order valence-electron chi connectivity index (χ0n) is 14.5. The Morgan fingerprint density at radius 1 is 1.40 bits per heavy atom. The van der Waals surface area contributed by atoms with Crippen molar-refractivity contribution in [1.82, 2.24) is 10.2 Å². The summed E-state index contributed by atoms with van der Waals surface area (Å²) in [6, 6.07) is 3.10. The maximum absolute atomic E-state index is 12.3. The van der Waals surface area contributed by atoms with Gasteiger partial charge in [0, 0.05) is 6.54 Å². The summed E-state index contributed by atoms with van der Waals surface area (Å²) in [4.78, 5) is 25.2. The molecule has 2 rings (SSSR count). The van der Waals surface area contributed by atoms with E-state index in [4.69, 9.17) is 9.47 Å². The third-order valence-electron chi connectivity index (χ3n) is 3.73. The number of hydrogen-bond acceptors (Lipinski definition) is 4. The lowest BCUT2D eigenvalue weighted by Crippen LogP contribution is -2.30. The molecule has 1 aliphatic rings. The normalized spacial score (nSPS) is 16.8. The fraction of sp³-hybridized carbons (Fsp3) is 0.333. The van der Waals surface area contributed by atoms with Gasteiger partial charge in [-0.25, -0.2) is 4.79 Å². The molecule has 0 radical (unpaired) electrons. The number of nitrogens with one attached hydrogen (secondary N) is 1. The lowest BCUT2D eigenvalue weighted by Gasteiger charge is -2.17. The molecule has 1 saturated heterocycles. The number of ether oxygens (including phenoxy) is 2. The molecule has 6 nitrogen and oxygen atoms in total. The van der Waals surface area contributed by atoms with E-state index in [1.54, 1.807) is 19.3 Å². The molecule has 0 aliphatic carbocycles. The molecule has 1 atom stereocenters. The standard InChI is InChI=1S/C18H21BrN2O4/c1-5-7-21-17(22)14(20-18(21)23)9-12-8-13(19)16(15(10-12)24-4)25-11(3)6-2/h5,8-11H,1,6-7H2,2-4H3,(H,20,23)/b14-9+/t11-/m0/s1. The molecule has 1 aromatic carbocycles. The second-order valence-electron chi connectivity index (χ2n) is 5.56. The Hall–Kier alpha value is -2.28. The lowest BCUT2D eigenvalue weighted by atomic mass is 10.1. The number of benzene rings is 1. The maximum Gasteiger partial charge on any atom is 0.329 e. The molecule has 134 valence electrons. The topological polar surface area (TPSA) is 67.9 Å². The van der Waals surface area contributed by atoms with E-state index in [0.29, 0.717) is 21.5 Å². The Kier molecular flexibility index (Phi) is 6.25. The van der Waals surface area contributed by atoms with Gasteiger partial charge in [0.1, 0.15) is 5.70 Å². The lowest BCUT2D eigenvalue weighted by molar-refractivity contribution is -0.122. The van der Waals surface area contributed by atoms with Gasteiger partial charge < -0.3 is 14.8 Å². The maximum atomic E-state index is 12.3. The van der Waals surface area contributed by atoms with Crippen molar-refractivity contribution >= 4 is 33.9 Å². The Morgan fingerprint density at radius 3 is 2.72 bits per heavy atom. The van der Waals surface area contributed by atoms with Gasteiger partial charge in [0.15, 0.2) is 11.5 Å². The Balaban J connectivity index is 2.35. The number of carbonyl (C=O) groups excluding carboxylic acids is 2. The summed E-state index contributed by atoms with van der Waals surface area (Å²) in [6.07, 6.45) is 4.00. The summed E-state index contributed by atoms with van der Waals surface area (Å²) in [6.45, 7) is 7.72. The molecular formula is C18H21BrN2O4. The van der Waals surface area contributed by atoms with Crippen LogP contribution in [0, 0.1) is 0 Å². The predicted molar refractivity (Wildman–Crippen MR) is 99.5 cm³/mol. The van der Waals surface area contributed by atoms with Crippen LogP contribution in [0.25, 0.3) is 6.08 Å². The number of amides is 3. The molecule has 0 spiro atoms. The largest absolute Gasteiger partial charge is 0.493 e. The molecular weight excluding hydrogens is 388 g/mol. The number of methoxy groups -OCH3 is 1. The van der Waals surface area contributed by atoms with Crippen LogP contribution in [0.2, 0.25) is 0 Å². The number of imide groups is 1. The SMILES string of the molecule is C=CCN1C(=O)N/C(=C/c2cc(Br)c(O[C@@H](C)CC)c(OC)c2)C1=O. The van der Waals surface area contributed by atoms with Crippen molar-refractivity contribution in [3.8, 4) is 11.5 Å². The average molecular weight is 409 g/mol. The zero-order valence-corrected chi connectivity index (χ0v) is 16.1. The summed E-state index contributed by atoms with van der Waals surface area (Å²) in [7, 11) is 1.55. The van der Waals surface area contributed by atoms with E-state index in [-0.39, 0.29) is 24.3 Å². The van der Waals surface area contributed by atoms with Gasteiger partial charge in [0.05, 0.1) is 17.7 Å². The molecule has 25 heavy (non-hydrogen) atoms. The minimum absolute atomic E-state index is 0.0394. The van der Waals surface area contributed by atoms with Gasteiger partial charge >= 0.3 is 6.03 Å². The number of carbonyl (C=O) groups is 2. The summed E-state index contributed by atoms with van der Waals surface area (Å²) >= 11 is 3.48. The van der Waals surface area contributed by atoms with Crippen molar-refractivity contribution in [2.24, 2.45) is 0 Å². The van der Waals surface area contributed by atoms with Gasteiger partial charge in [-0.05, 0) is 53.0 Å². The first kappa shape index (κ1) is 19.1. The van der Waals surface area contributed by atoms with Crippen LogP contribution in [0.15, 0.2) is 35.0 Å². The van der Waals surface area contributed by atoms with Gasteiger partial charge in [-0.2, -0.15) is 0 Å². The van der Waals surface area contributed by atoms with E-state index >= 15 is 0 Å². The van der Waals surface area contributed by atoms with Crippen LogP contribution in [0.1, 0.15) is 25.8 Å². The molecule has 3 amide bonds. The van der Waals surface area contributed by atoms with Crippen molar-refractivity contribution in [2.45, 2.75) is 26.4 Å². The highest BCUT2D eigenvalue weighted by atomic mass is 79.9. The molecule has 0 aromatic heterocycles. The van der Waals surface area contributed by atoms with E-state index in [0.717, 1.165) is 11.3 Å². The third kappa shape index (κ3) is 4.22. The van der Waals surface area contributed by atoms with Gasteiger partial charge in [-0.3, -0.25) is 9.69 Å². The predicted octanol–water partition coefficient (Wildman–Crippen LogP) is 3.71. The first-order valence-electron chi connectivity index (χ1n) is 7.90. The van der Waals surface area contributed by atoms with Gasteiger partial charge in [-0.15, -0.1) is 6.58 Å². The van der Waals surface area contributed by atoms with Crippen molar-refractivity contribution in [2.75, 3.05) is 13.7 Å². The van der Waals surface area contributed by atoms with Crippen LogP contribution < -0.4 is 14.8 Å². The smallest absolute Gasteiger partial charge is 0.329 e. The van der Waals surface area contributed by atoms with Crippen molar-refractivity contribution in [3.05, 3.63) is 40.5 Å². The van der Waals surface area contributed by atoms with Crippen molar-refractivity contribution < 1.29 is 19.1 Å². The number of nitrogens with zero attached hydrogens (tertiary/aromatic N) is 1. The van der Waals surface area contributed by atoms with E-state index in [9.17, 15) is 9.59 Å². The fourth-order valence-corrected chi connectivity index (χ4v) is 2.81. The molecule has 1 fully saturated rings. The molecule has 7 heteroatoms. The van der Waals surface area contributed by atoms with Crippen LogP contribution in [-0.2, 0) is 4.79 Å². The molecule has 1 aromatic rings. The second kappa shape index (κ2) is 8.20. The molecule has 0 unspecified atom stereocenters. The van der Waals surface area contributed by atoms with Crippen LogP contribution in [0.5, 0.6) is 11.5 Å². The van der Waals surface area contributed by atoms with Gasteiger partial charge in [0.2, 0.25) is 0 Å². The minimum Gasteiger partial charge on any atom is -0.493 e. The number of halogens is 1. The quantitative estimate of drug-likeness (QED) is 0.424. The Labute approximate surface area is 155 Å². The van der Waals surface area contributed by atoms with E-state index in [1.165, 1.54) is 6.08 Å². The number of rotatable bonds is 7. The van der Waals surface area contributed by atoms with Crippen molar-refractivity contribution in [1.29, 1.82) is 0 Å². The molecule has 1 heterocycles. The van der Waals surface area contributed by atoms with Gasteiger partial charge in [0.25, 0.3) is 5.91 Å². The average Bonchev–Trinajstić information content (AvgIpc) is 2.84. The zero-order chi connectivity index (χ0) is 18.6. The highest BCUT2D eigenvalue weighted by Crippen LogP contribution is 2.38. The van der Waals surface area contributed by atoms with Gasteiger partial charge in [-0.1, -0.05) is 13.0 Å². The molecule has 0 bridgehead atoms. The highest BCUT2D eigenvalue weighted by molar-refractivity contribution is 9.10. The van der Waals surface area contributed by atoms with E-state index in [1.807, 2.05) is 19.9 Å². The Morgan fingerprint density at radius 2 is 2.12 bits per heavy atom. The van der Waals surface area contributed by atoms with E-state index in [2.05, 4.69) is 27.8 Å². The summed E-state index contributed by atoms with van der Waals surface area (Å²) < 4.78 is 12.0. The summed E-state index contributed by atoms with van der Waals surface area (Å²) in [5.41, 5.74) is 0.903. The first-order chi connectivity index (χ1) is 11.9. The Bertz CT molecular complexity index is 730. The second-order valence-corrected chi connectivity index (χ2v) is 6.42. The monoisotopic (exact) mass is 408 g/mol. The fourth-order valence-electron chi connectivity index (χ4n) is 2.26. The number of urea groups is 1. The third-order valence-corrected chi connectivity index (χ3v) is 4.32. The molecule has 1 aliphatic heterocycles. The minimum atomic E-state index is -0.459. The van der Waals surface area contributed by atoms with E-state index < -0.39 is 6.03 Å². The number of hydrogen-bond donors (Lipinski definition) is 1.